The lowest BCUT2D eigenvalue weighted by atomic mass is 9.93. The van der Waals surface area contributed by atoms with Crippen LogP contribution in [0.15, 0.2) is 0 Å². The summed E-state index contributed by atoms with van der Waals surface area (Å²) in [5.41, 5.74) is -1.51. The van der Waals surface area contributed by atoms with Gasteiger partial charge in [0.1, 0.15) is 18.3 Å². The SMILES string of the molecule is CC1CCCC(O)C[C@@H](C)CN(C)C(C)C(O)[C@](C)(O)COC1=O. The molecule has 1 heterocycles. The van der Waals surface area contributed by atoms with Gasteiger partial charge in [-0.1, -0.05) is 20.3 Å². The predicted molar refractivity (Wildman–Crippen MR) is 92.5 cm³/mol. The number of likely N-dealkylation sites (N-methyl/N-ethyl adjacent to an activating group) is 1. The number of cyclic esters (lactones) is 1. The first-order valence-corrected chi connectivity index (χ1v) is 9.00. The molecule has 1 aliphatic rings. The van der Waals surface area contributed by atoms with Crippen LogP contribution in [0.2, 0.25) is 0 Å². The number of carbonyl (C=O) groups is 1. The van der Waals surface area contributed by atoms with Gasteiger partial charge in [0.05, 0.1) is 12.0 Å². The summed E-state index contributed by atoms with van der Waals surface area (Å²) in [6, 6.07) is -0.305. The van der Waals surface area contributed by atoms with E-state index in [0.717, 1.165) is 6.42 Å². The molecule has 3 N–H and O–H groups in total. The van der Waals surface area contributed by atoms with Gasteiger partial charge in [-0.15, -0.1) is 0 Å². The van der Waals surface area contributed by atoms with Crippen LogP contribution in [0.1, 0.15) is 53.4 Å². The molecule has 0 aromatic rings. The maximum Gasteiger partial charge on any atom is 0.308 e. The molecule has 0 saturated carbocycles. The maximum absolute atomic E-state index is 12.0. The number of hydrogen-bond acceptors (Lipinski definition) is 6. The summed E-state index contributed by atoms with van der Waals surface area (Å²) in [5, 5.41) is 31.2. The lowest BCUT2D eigenvalue weighted by molar-refractivity contribution is -0.166. The molecule has 0 spiro atoms. The molecule has 24 heavy (non-hydrogen) atoms. The Hall–Kier alpha value is -0.690. The second-order valence-electron chi connectivity index (χ2n) is 7.92. The summed E-state index contributed by atoms with van der Waals surface area (Å²) in [5.74, 6) is -0.390. The molecule has 0 radical (unpaired) electrons. The van der Waals surface area contributed by atoms with E-state index in [1.54, 1.807) is 6.92 Å². The number of aliphatic hydroxyl groups excluding tert-OH is 2. The number of hydrogen-bond donors (Lipinski definition) is 3. The van der Waals surface area contributed by atoms with Gasteiger partial charge in [-0.05, 0) is 46.1 Å². The Morgan fingerprint density at radius 3 is 2.46 bits per heavy atom. The third-order valence-corrected chi connectivity index (χ3v) is 5.15. The highest BCUT2D eigenvalue weighted by Gasteiger charge is 2.38. The molecule has 6 nitrogen and oxygen atoms in total. The topological polar surface area (TPSA) is 90.2 Å². The Bertz CT molecular complexity index is 401. The second-order valence-corrected chi connectivity index (χ2v) is 7.92. The van der Waals surface area contributed by atoms with Crippen molar-refractivity contribution in [1.29, 1.82) is 0 Å². The largest absolute Gasteiger partial charge is 0.462 e. The van der Waals surface area contributed by atoms with Crippen LogP contribution in [-0.2, 0) is 9.53 Å². The second kappa shape index (κ2) is 9.13. The first-order chi connectivity index (χ1) is 11.0. The highest BCUT2D eigenvalue weighted by molar-refractivity contribution is 5.71. The molecule has 0 aromatic carbocycles. The Balaban J connectivity index is 2.88. The zero-order chi connectivity index (χ0) is 18.5. The Morgan fingerprint density at radius 1 is 1.21 bits per heavy atom. The van der Waals surface area contributed by atoms with Gasteiger partial charge in [-0.25, -0.2) is 0 Å². The molecule has 1 fully saturated rings. The Labute approximate surface area is 145 Å². The molecule has 6 heteroatoms. The lowest BCUT2D eigenvalue weighted by Gasteiger charge is -2.38. The quantitative estimate of drug-likeness (QED) is 0.571. The zero-order valence-electron chi connectivity index (χ0n) is 15.7. The van der Waals surface area contributed by atoms with Gasteiger partial charge >= 0.3 is 5.97 Å². The average Bonchev–Trinajstić information content (AvgIpc) is 2.49. The van der Waals surface area contributed by atoms with E-state index in [1.165, 1.54) is 6.92 Å². The zero-order valence-corrected chi connectivity index (χ0v) is 15.7. The summed E-state index contributed by atoms with van der Waals surface area (Å²) in [6.45, 7) is 7.67. The molecular weight excluding hydrogens is 310 g/mol. The van der Waals surface area contributed by atoms with E-state index in [1.807, 2.05) is 18.9 Å². The fraction of sp³-hybridized carbons (Fsp3) is 0.944. The van der Waals surface area contributed by atoms with Gasteiger partial charge in [-0.2, -0.15) is 0 Å². The molecule has 4 unspecified atom stereocenters. The standard InChI is InChI=1S/C18H35NO5/c1-12-9-15(20)8-6-7-13(2)17(22)24-11-18(4,23)16(21)14(3)19(5)10-12/h12-16,20-21,23H,6-11H2,1-5H3/t12-,13?,14?,15?,16?,18-/m1/s1. The molecule has 6 atom stereocenters. The molecule has 0 aliphatic carbocycles. The highest BCUT2D eigenvalue weighted by atomic mass is 16.5. The Morgan fingerprint density at radius 2 is 1.83 bits per heavy atom. The number of esters is 1. The minimum atomic E-state index is -1.51. The molecule has 142 valence electrons. The van der Waals surface area contributed by atoms with E-state index in [0.29, 0.717) is 25.8 Å². The van der Waals surface area contributed by atoms with Crippen LogP contribution in [0, 0.1) is 11.8 Å². The van der Waals surface area contributed by atoms with E-state index < -0.39 is 11.7 Å². The van der Waals surface area contributed by atoms with Crippen molar-refractivity contribution >= 4 is 5.97 Å². The van der Waals surface area contributed by atoms with Gasteiger partial charge in [0.25, 0.3) is 0 Å². The van der Waals surface area contributed by atoms with E-state index in [9.17, 15) is 20.1 Å². The fourth-order valence-electron chi connectivity index (χ4n) is 3.30. The minimum absolute atomic E-state index is 0.228. The van der Waals surface area contributed by atoms with Crippen molar-refractivity contribution < 1.29 is 24.9 Å². The highest BCUT2D eigenvalue weighted by Crippen LogP contribution is 2.22. The van der Waals surface area contributed by atoms with Crippen LogP contribution in [0.25, 0.3) is 0 Å². The van der Waals surface area contributed by atoms with Crippen molar-refractivity contribution in [3.8, 4) is 0 Å². The van der Waals surface area contributed by atoms with E-state index in [-0.39, 0.29) is 36.6 Å². The average molecular weight is 345 g/mol. The fourth-order valence-corrected chi connectivity index (χ4v) is 3.30. The van der Waals surface area contributed by atoms with Gasteiger partial charge in [0.15, 0.2) is 0 Å². The monoisotopic (exact) mass is 345 g/mol. The van der Waals surface area contributed by atoms with E-state index in [2.05, 4.69) is 6.92 Å². The minimum Gasteiger partial charge on any atom is -0.462 e. The van der Waals surface area contributed by atoms with Gasteiger partial charge in [0.2, 0.25) is 0 Å². The van der Waals surface area contributed by atoms with Crippen LogP contribution >= 0.6 is 0 Å². The van der Waals surface area contributed by atoms with Gasteiger partial charge in [0, 0.05) is 12.6 Å². The van der Waals surface area contributed by atoms with Crippen molar-refractivity contribution in [3.05, 3.63) is 0 Å². The van der Waals surface area contributed by atoms with Crippen molar-refractivity contribution in [2.45, 2.75) is 77.2 Å². The summed E-state index contributed by atoms with van der Waals surface area (Å²) < 4.78 is 5.22. The summed E-state index contributed by atoms with van der Waals surface area (Å²) in [4.78, 5) is 14.0. The normalized spacial score (nSPS) is 42.0. The van der Waals surface area contributed by atoms with Gasteiger partial charge < -0.3 is 25.0 Å². The maximum atomic E-state index is 12.0. The van der Waals surface area contributed by atoms with Crippen molar-refractivity contribution in [2.24, 2.45) is 11.8 Å². The van der Waals surface area contributed by atoms with Crippen LogP contribution in [0.4, 0.5) is 0 Å². The molecule has 0 aromatic heterocycles. The van der Waals surface area contributed by atoms with E-state index >= 15 is 0 Å². The molecule has 0 amide bonds. The number of ether oxygens (including phenoxy) is 1. The van der Waals surface area contributed by atoms with Crippen molar-refractivity contribution in [2.75, 3.05) is 20.2 Å². The smallest absolute Gasteiger partial charge is 0.308 e. The number of nitrogens with zero attached hydrogens (tertiary/aromatic N) is 1. The molecule has 1 rings (SSSR count). The first kappa shape index (κ1) is 21.4. The van der Waals surface area contributed by atoms with Crippen LogP contribution < -0.4 is 0 Å². The third-order valence-electron chi connectivity index (χ3n) is 5.15. The van der Waals surface area contributed by atoms with Crippen molar-refractivity contribution in [3.63, 3.8) is 0 Å². The number of carbonyl (C=O) groups excluding carboxylic acids is 1. The number of rotatable bonds is 0. The Kier molecular flexibility index (Phi) is 8.12. The molecular formula is C18H35NO5. The predicted octanol–water partition coefficient (Wildman–Crippen LogP) is 1.17. The lowest BCUT2D eigenvalue weighted by Crippen LogP contribution is -2.54. The van der Waals surface area contributed by atoms with Crippen LogP contribution in [0.3, 0.4) is 0 Å². The van der Waals surface area contributed by atoms with Crippen molar-refractivity contribution in [1.82, 2.24) is 4.90 Å². The van der Waals surface area contributed by atoms with E-state index in [4.69, 9.17) is 4.74 Å². The summed E-state index contributed by atoms with van der Waals surface area (Å²) >= 11 is 0. The molecule has 0 bridgehead atoms. The first-order valence-electron chi connectivity index (χ1n) is 9.00. The summed E-state index contributed by atoms with van der Waals surface area (Å²) in [7, 11) is 1.89. The third kappa shape index (κ3) is 6.31. The molecule has 1 saturated heterocycles. The van der Waals surface area contributed by atoms with Gasteiger partial charge in [-0.3, -0.25) is 4.79 Å². The van der Waals surface area contributed by atoms with Crippen LogP contribution in [-0.4, -0.2) is 70.2 Å². The summed E-state index contributed by atoms with van der Waals surface area (Å²) in [6.07, 6.45) is 1.32. The number of aliphatic hydroxyl groups is 3. The molecule has 1 aliphatic heterocycles. The van der Waals surface area contributed by atoms with Crippen LogP contribution in [0.5, 0.6) is 0 Å².